The van der Waals surface area contributed by atoms with E-state index in [4.69, 9.17) is 4.74 Å². The SMILES string of the molecule is OC(Cc1ccncc1)c1ccc2c(c1)COC2. The standard InChI is InChI=1S/C15H15NO2/c17-15(7-11-3-5-16-6-4-11)12-1-2-13-9-18-10-14(13)8-12/h1-6,8,15,17H,7,9-10H2. The first-order valence-corrected chi connectivity index (χ1v) is 6.09. The number of hydrogen-bond donors (Lipinski definition) is 1. The zero-order valence-electron chi connectivity index (χ0n) is 10.0. The van der Waals surface area contributed by atoms with Crippen LogP contribution in [0.25, 0.3) is 0 Å². The zero-order valence-corrected chi connectivity index (χ0v) is 10.0. The number of hydrogen-bond acceptors (Lipinski definition) is 3. The van der Waals surface area contributed by atoms with E-state index in [1.165, 1.54) is 11.1 Å². The van der Waals surface area contributed by atoms with Crippen molar-refractivity contribution in [3.63, 3.8) is 0 Å². The van der Waals surface area contributed by atoms with Gasteiger partial charge >= 0.3 is 0 Å². The summed E-state index contributed by atoms with van der Waals surface area (Å²) in [4.78, 5) is 3.97. The molecule has 18 heavy (non-hydrogen) atoms. The highest BCUT2D eigenvalue weighted by Gasteiger charge is 2.15. The quantitative estimate of drug-likeness (QED) is 0.897. The summed E-state index contributed by atoms with van der Waals surface area (Å²) in [6.45, 7) is 1.35. The van der Waals surface area contributed by atoms with Crippen LogP contribution in [0, 0.1) is 0 Å². The first-order valence-electron chi connectivity index (χ1n) is 6.09. The van der Waals surface area contributed by atoms with E-state index in [2.05, 4.69) is 4.98 Å². The first-order chi connectivity index (χ1) is 8.83. The van der Waals surface area contributed by atoms with E-state index in [9.17, 15) is 5.11 Å². The second-order valence-electron chi connectivity index (χ2n) is 4.60. The van der Waals surface area contributed by atoms with Crippen LogP contribution in [-0.4, -0.2) is 10.1 Å². The lowest BCUT2D eigenvalue weighted by Crippen LogP contribution is -2.02. The number of fused-ring (bicyclic) bond motifs is 1. The van der Waals surface area contributed by atoms with Crippen molar-refractivity contribution in [2.24, 2.45) is 0 Å². The molecule has 92 valence electrons. The number of benzene rings is 1. The predicted octanol–water partition coefficient (Wildman–Crippen LogP) is 2.39. The van der Waals surface area contributed by atoms with Crippen molar-refractivity contribution in [3.05, 3.63) is 65.0 Å². The Morgan fingerprint density at radius 3 is 2.72 bits per heavy atom. The monoisotopic (exact) mass is 241 g/mol. The van der Waals surface area contributed by atoms with Crippen LogP contribution in [0.15, 0.2) is 42.7 Å². The summed E-state index contributed by atoms with van der Waals surface area (Å²) in [6.07, 6.45) is 3.64. The Morgan fingerprint density at radius 2 is 1.89 bits per heavy atom. The number of nitrogens with zero attached hydrogens (tertiary/aromatic N) is 1. The molecule has 1 atom stereocenters. The molecule has 0 aliphatic carbocycles. The minimum atomic E-state index is -0.474. The Labute approximate surface area is 106 Å². The molecule has 1 aromatic heterocycles. The molecule has 2 aromatic rings. The molecule has 0 fully saturated rings. The third-order valence-corrected chi connectivity index (χ3v) is 3.31. The van der Waals surface area contributed by atoms with Gasteiger partial charge in [-0.15, -0.1) is 0 Å². The number of pyridine rings is 1. The molecule has 2 heterocycles. The Kier molecular flexibility index (Phi) is 3.09. The van der Waals surface area contributed by atoms with Crippen LogP contribution < -0.4 is 0 Å². The summed E-state index contributed by atoms with van der Waals surface area (Å²) < 4.78 is 5.38. The van der Waals surface area contributed by atoms with Crippen LogP contribution in [0.4, 0.5) is 0 Å². The van der Waals surface area contributed by atoms with Gasteiger partial charge in [0.1, 0.15) is 0 Å². The lowest BCUT2D eigenvalue weighted by Gasteiger charge is -2.12. The Bertz CT molecular complexity index is 539. The summed E-state index contributed by atoms with van der Waals surface area (Å²) >= 11 is 0. The van der Waals surface area contributed by atoms with E-state index in [1.807, 2.05) is 30.3 Å². The maximum Gasteiger partial charge on any atom is 0.0830 e. The highest BCUT2D eigenvalue weighted by Crippen LogP contribution is 2.25. The number of aliphatic hydroxyl groups is 1. The molecule has 3 heteroatoms. The summed E-state index contributed by atoms with van der Waals surface area (Å²) in [5.74, 6) is 0. The first kappa shape index (κ1) is 11.4. The Morgan fingerprint density at radius 1 is 1.11 bits per heavy atom. The molecule has 3 rings (SSSR count). The lowest BCUT2D eigenvalue weighted by atomic mass is 9.98. The fourth-order valence-electron chi connectivity index (χ4n) is 2.26. The molecule has 1 aromatic carbocycles. The summed E-state index contributed by atoms with van der Waals surface area (Å²) in [7, 11) is 0. The lowest BCUT2D eigenvalue weighted by molar-refractivity contribution is 0.134. The van der Waals surface area contributed by atoms with Crippen molar-refractivity contribution in [1.82, 2.24) is 4.98 Å². The van der Waals surface area contributed by atoms with Gasteiger partial charge in [0, 0.05) is 18.8 Å². The Hall–Kier alpha value is -1.71. The van der Waals surface area contributed by atoms with Crippen molar-refractivity contribution in [2.75, 3.05) is 0 Å². The van der Waals surface area contributed by atoms with Gasteiger partial charge in [-0.05, 0) is 34.4 Å². The van der Waals surface area contributed by atoms with Crippen LogP contribution in [0.5, 0.6) is 0 Å². The van der Waals surface area contributed by atoms with Gasteiger partial charge in [0.25, 0.3) is 0 Å². The molecular weight excluding hydrogens is 226 g/mol. The fourth-order valence-corrected chi connectivity index (χ4v) is 2.26. The van der Waals surface area contributed by atoms with Gasteiger partial charge in [-0.3, -0.25) is 4.98 Å². The van der Waals surface area contributed by atoms with Gasteiger partial charge in [0.2, 0.25) is 0 Å². The van der Waals surface area contributed by atoms with Gasteiger partial charge in [0.15, 0.2) is 0 Å². The van der Waals surface area contributed by atoms with Crippen LogP contribution in [-0.2, 0) is 24.4 Å². The summed E-state index contributed by atoms with van der Waals surface area (Å²) in [6, 6.07) is 9.94. The third kappa shape index (κ3) is 2.28. The number of rotatable bonds is 3. The third-order valence-electron chi connectivity index (χ3n) is 3.31. The molecule has 0 radical (unpaired) electrons. The molecule has 0 saturated heterocycles. The minimum Gasteiger partial charge on any atom is -0.388 e. The van der Waals surface area contributed by atoms with Crippen molar-refractivity contribution < 1.29 is 9.84 Å². The maximum absolute atomic E-state index is 10.2. The predicted molar refractivity (Wildman–Crippen MR) is 67.8 cm³/mol. The van der Waals surface area contributed by atoms with Gasteiger partial charge in [-0.1, -0.05) is 18.2 Å². The number of aliphatic hydroxyl groups excluding tert-OH is 1. The highest BCUT2D eigenvalue weighted by atomic mass is 16.5. The molecule has 0 saturated carbocycles. The van der Waals surface area contributed by atoms with Gasteiger partial charge < -0.3 is 9.84 Å². The second kappa shape index (κ2) is 4.88. The van der Waals surface area contributed by atoms with Crippen LogP contribution in [0.1, 0.15) is 28.4 Å². The van der Waals surface area contributed by atoms with E-state index in [0.717, 1.165) is 11.1 Å². The molecular formula is C15H15NO2. The Balaban J connectivity index is 1.78. The fraction of sp³-hybridized carbons (Fsp3) is 0.267. The van der Waals surface area contributed by atoms with E-state index in [-0.39, 0.29) is 0 Å². The molecule has 0 bridgehead atoms. The maximum atomic E-state index is 10.2. The van der Waals surface area contributed by atoms with E-state index >= 15 is 0 Å². The largest absolute Gasteiger partial charge is 0.388 e. The minimum absolute atomic E-state index is 0.474. The van der Waals surface area contributed by atoms with E-state index < -0.39 is 6.10 Å². The average Bonchev–Trinajstić information content (AvgIpc) is 2.87. The van der Waals surface area contributed by atoms with Gasteiger partial charge in [-0.2, -0.15) is 0 Å². The summed E-state index contributed by atoms with van der Waals surface area (Å²) in [5.41, 5.74) is 4.47. The van der Waals surface area contributed by atoms with Gasteiger partial charge in [-0.25, -0.2) is 0 Å². The normalized spacial score (nSPS) is 15.4. The molecule has 1 unspecified atom stereocenters. The van der Waals surface area contributed by atoms with Crippen molar-refractivity contribution in [2.45, 2.75) is 25.7 Å². The highest BCUT2D eigenvalue weighted by molar-refractivity contribution is 5.34. The van der Waals surface area contributed by atoms with Crippen molar-refractivity contribution >= 4 is 0 Å². The zero-order chi connectivity index (χ0) is 12.4. The molecule has 1 N–H and O–H groups in total. The average molecular weight is 241 g/mol. The molecule has 1 aliphatic heterocycles. The van der Waals surface area contributed by atoms with E-state index in [0.29, 0.717) is 19.6 Å². The molecule has 0 spiro atoms. The van der Waals surface area contributed by atoms with Crippen LogP contribution >= 0.6 is 0 Å². The van der Waals surface area contributed by atoms with Crippen LogP contribution in [0.3, 0.4) is 0 Å². The second-order valence-corrected chi connectivity index (χ2v) is 4.60. The number of ether oxygens (including phenoxy) is 1. The number of aromatic nitrogens is 1. The molecule has 1 aliphatic rings. The molecule has 0 amide bonds. The van der Waals surface area contributed by atoms with Crippen molar-refractivity contribution in [1.29, 1.82) is 0 Å². The van der Waals surface area contributed by atoms with Crippen molar-refractivity contribution in [3.8, 4) is 0 Å². The van der Waals surface area contributed by atoms with Crippen LogP contribution in [0.2, 0.25) is 0 Å². The molecule has 3 nitrogen and oxygen atoms in total. The van der Waals surface area contributed by atoms with E-state index in [1.54, 1.807) is 12.4 Å². The summed E-state index contributed by atoms with van der Waals surface area (Å²) in [5, 5.41) is 10.2. The topological polar surface area (TPSA) is 42.4 Å². The smallest absolute Gasteiger partial charge is 0.0830 e. The van der Waals surface area contributed by atoms with Gasteiger partial charge in [0.05, 0.1) is 19.3 Å².